The summed E-state index contributed by atoms with van der Waals surface area (Å²) in [5, 5.41) is 0. The Bertz CT molecular complexity index is 1280. The third-order valence-corrected chi connectivity index (χ3v) is 6.02. The minimum absolute atomic E-state index is 0.285. The van der Waals surface area contributed by atoms with Gasteiger partial charge in [-0.25, -0.2) is 4.99 Å². The number of ether oxygens (including phenoxy) is 1. The number of piperazine rings is 1. The van der Waals surface area contributed by atoms with Crippen LogP contribution in [0.1, 0.15) is 27.0 Å². The van der Waals surface area contributed by atoms with E-state index in [9.17, 15) is 18.0 Å². The molecule has 0 aliphatic carbocycles. The Morgan fingerprint density at radius 2 is 1.62 bits per heavy atom. The van der Waals surface area contributed by atoms with Gasteiger partial charge in [-0.15, -0.1) is 0 Å². The van der Waals surface area contributed by atoms with Crippen LogP contribution < -0.4 is 4.74 Å². The number of carbonyl (C=O) groups is 1. The van der Waals surface area contributed by atoms with Crippen LogP contribution in [0.3, 0.4) is 0 Å². The first-order valence-corrected chi connectivity index (χ1v) is 11.0. The molecule has 3 aromatic carbocycles. The number of aryl methyl sites for hydroxylation is 1. The van der Waals surface area contributed by atoms with Crippen LogP contribution >= 0.6 is 0 Å². The molecule has 1 fully saturated rings. The average molecular weight is 465 g/mol. The highest BCUT2D eigenvalue weighted by molar-refractivity contribution is 6.04. The number of hydrogen-bond acceptors (Lipinski definition) is 4. The van der Waals surface area contributed by atoms with Crippen LogP contribution in [0.15, 0.2) is 71.7 Å². The number of aliphatic imine (C=N–C) groups is 1. The molecule has 5 nitrogen and oxygen atoms in total. The fraction of sp³-hybridized carbons (Fsp3) is 0.231. The van der Waals surface area contributed by atoms with E-state index in [1.54, 1.807) is 0 Å². The summed E-state index contributed by atoms with van der Waals surface area (Å²) >= 11 is 0. The van der Waals surface area contributed by atoms with Crippen molar-refractivity contribution in [3.05, 3.63) is 89.0 Å². The lowest BCUT2D eigenvalue weighted by molar-refractivity contribution is -0.138. The summed E-state index contributed by atoms with van der Waals surface area (Å²) in [4.78, 5) is 21.4. The van der Waals surface area contributed by atoms with Crippen molar-refractivity contribution in [3.8, 4) is 11.5 Å². The number of alkyl halides is 3. The number of rotatable bonds is 1. The van der Waals surface area contributed by atoms with Gasteiger partial charge in [0.25, 0.3) is 5.91 Å². The Hall–Kier alpha value is -3.81. The Labute approximate surface area is 195 Å². The SMILES string of the molecule is Cc1ccc2c(c1)C(N1CCN(C(=O)c3ccccc3C(F)(F)F)CC1)=Nc1ccccc1O2. The van der Waals surface area contributed by atoms with Gasteiger partial charge < -0.3 is 14.5 Å². The van der Waals surface area contributed by atoms with Gasteiger partial charge in [0, 0.05) is 26.2 Å². The molecule has 0 bridgehead atoms. The molecule has 5 rings (SSSR count). The second-order valence-electron chi connectivity index (χ2n) is 8.33. The molecule has 0 saturated carbocycles. The number of amidine groups is 1. The van der Waals surface area contributed by atoms with E-state index >= 15 is 0 Å². The average Bonchev–Trinajstić information content (AvgIpc) is 3.00. The van der Waals surface area contributed by atoms with Crippen molar-refractivity contribution in [3.63, 3.8) is 0 Å². The number of hydrogen-bond donors (Lipinski definition) is 0. The third kappa shape index (κ3) is 4.11. The lowest BCUT2D eigenvalue weighted by atomic mass is 10.0. The van der Waals surface area contributed by atoms with Gasteiger partial charge in [-0.05, 0) is 43.3 Å². The first-order valence-electron chi connectivity index (χ1n) is 11.0. The Balaban J connectivity index is 1.42. The number of nitrogens with zero attached hydrogens (tertiary/aromatic N) is 3. The third-order valence-electron chi connectivity index (χ3n) is 6.02. The van der Waals surface area contributed by atoms with Crippen LogP contribution in [0.4, 0.5) is 18.9 Å². The van der Waals surface area contributed by atoms with Crippen molar-refractivity contribution in [1.82, 2.24) is 9.80 Å². The number of fused-ring (bicyclic) bond motifs is 2. The largest absolute Gasteiger partial charge is 0.454 e. The normalized spacial score (nSPS) is 15.6. The monoisotopic (exact) mass is 465 g/mol. The Morgan fingerprint density at radius 1 is 0.912 bits per heavy atom. The molecule has 2 heterocycles. The van der Waals surface area contributed by atoms with E-state index in [-0.39, 0.29) is 18.7 Å². The van der Waals surface area contributed by atoms with E-state index < -0.39 is 17.6 Å². The van der Waals surface area contributed by atoms with Gasteiger partial charge in [0.05, 0.1) is 16.7 Å². The maximum atomic E-state index is 13.4. The Morgan fingerprint density at radius 3 is 2.38 bits per heavy atom. The van der Waals surface area contributed by atoms with Gasteiger partial charge in [0.1, 0.15) is 17.3 Å². The lowest BCUT2D eigenvalue weighted by Gasteiger charge is -2.37. The van der Waals surface area contributed by atoms with Crippen molar-refractivity contribution in [2.75, 3.05) is 26.2 Å². The van der Waals surface area contributed by atoms with Crippen molar-refractivity contribution in [1.29, 1.82) is 0 Å². The first-order chi connectivity index (χ1) is 16.3. The molecular formula is C26H22F3N3O2. The maximum Gasteiger partial charge on any atom is 0.417 e. The summed E-state index contributed by atoms with van der Waals surface area (Å²) in [6, 6.07) is 18.3. The zero-order valence-corrected chi connectivity index (χ0v) is 18.5. The molecular weight excluding hydrogens is 443 g/mol. The lowest BCUT2D eigenvalue weighted by Crippen LogP contribution is -2.51. The predicted molar refractivity (Wildman–Crippen MR) is 123 cm³/mol. The van der Waals surface area contributed by atoms with E-state index in [1.807, 2.05) is 49.4 Å². The van der Waals surface area contributed by atoms with Crippen molar-refractivity contribution >= 4 is 17.4 Å². The predicted octanol–water partition coefficient (Wildman–Crippen LogP) is 5.66. The molecule has 1 amide bonds. The number of para-hydroxylation sites is 2. The molecule has 3 aromatic rings. The summed E-state index contributed by atoms with van der Waals surface area (Å²) in [5.74, 6) is 1.46. The molecule has 2 aliphatic rings. The minimum Gasteiger partial charge on any atom is -0.454 e. The summed E-state index contributed by atoms with van der Waals surface area (Å²) in [6.07, 6.45) is -4.59. The highest BCUT2D eigenvalue weighted by atomic mass is 19.4. The molecule has 0 aromatic heterocycles. The zero-order valence-electron chi connectivity index (χ0n) is 18.5. The van der Waals surface area contributed by atoms with Gasteiger partial charge in [-0.2, -0.15) is 13.2 Å². The van der Waals surface area contributed by atoms with E-state index in [1.165, 1.54) is 23.1 Å². The minimum atomic E-state index is -4.59. The van der Waals surface area contributed by atoms with Crippen LogP contribution in [0.5, 0.6) is 11.5 Å². The number of benzene rings is 3. The van der Waals surface area contributed by atoms with Crippen LogP contribution in [0, 0.1) is 6.92 Å². The molecule has 0 unspecified atom stereocenters. The van der Waals surface area contributed by atoms with E-state index in [4.69, 9.17) is 9.73 Å². The fourth-order valence-corrected chi connectivity index (χ4v) is 4.29. The van der Waals surface area contributed by atoms with Gasteiger partial charge in [0.2, 0.25) is 0 Å². The molecule has 0 atom stereocenters. The van der Waals surface area contributed by atoms with Gasteiger partial charge in [0.15, 0.2) is 5.75 Å². The summed E-state index contributed by atoms with van der Waals surface area (Å²) < 4.78 is 46.4. The molecule has 174 valence electrons. The molecule has 8 heteroatoms. The maximum absolute atomic E-state index is 13.4. The molecule has 0 spiro atoms. The fourth-order valence-electron chi connectivity index (χ4n) is 4.29. The van der Waals surface area contributed by atoms with Gasteiger partial charge in [-0.1, -0.05) is 35.9 Å². The summed E-state index contributed by atoms with van der Waals surface area (Å²) in [5.41, 5.74) is 1.37. The van der Waals surface area contributed by atoms with Gasteiger partial charge >= 0.3 is 6.18 Å². The quantitative estimate of drug-likeness (QED) is 0.466. The van der Waals surface area contributed by atoms with Crippen molar-refractivity contribution < 1.29 is 22.7 Å². The van der Waals surface area contributed by atoms with Crippen LogP contribution in [0.25, 0.3) is 0 Å². The zero-order chi connectivity index (χ0) is 23.9. The Kier molecular flexibility index (Phi) is 5.51. The number of carbonyl (C=O) groups excluding carboxylic acids is 1. The second kappa shape index (κ2) is 8.52. The van der Waals surface area contributed by atoms with E-state index in [2.05, 4.69) is 4.90 Å². The van der Waals surface area contributed by atoms with E-state index in [0.29, 0.717) is 30.3 Å². The molecule has 34 heavy (non-hydrogen) atoms. The summed E-state index contributed by atoms with van der Waals surface area (Å²) in [6.45, 7) is 3.44. The first kappa shape index (κ1) is 22.0. The highest BCUT2D eigenvalue weighted by Gasteiger charge is 2.36. The van der Waals surface area contributed by atoms with Crippen LogP contribution in [0.2, 0.25) is 0 Å². The van der Waals surface area contributed by atoms with Crippen molar-refractivity contribution in [2.45, 2.75) is 13.1 Å². The second-order valence-corrected chi connectivity index (χ2v) is 8.33. The standard InChI is InChI=1S/C26H22F3N3O2/c1-17-10-11-22-19(16-17)24(30-21-8-4-5-9-23(21)34-22)31-12-14-32(15-13-31)25(33)18-6-2-3-7-20(18)26(27,28)29/h2-11,16H,12-15H2,1H3. The number of halogens is 3. The summed E-state index contributed by atoms with van der Waals surface area (Å²) in [7, 11) is 0. The topological polar surface area (TPSA) is 45.1 Å². The molecule has 0 N–H and O–H groups in total. The van der Waals surface area contributed by atoms with Crippen LogP contribution in [-0.2, 0) is 6.18 Å². The molecule has 1 saturated heterocycles. The molecule has 2 aliphatic heterocycles. The highest BCUT2D eigenvalue weighted by Crippen LogP contribution is 2.38. The smallest absolute Gasteiger partial charge is 0.417 e. The molecule has 0 radical (unpaired) electrons. The number of amides is 1. The van der Waals surface area contributed by atoms with E-state index in [0.717, 1.165) is 23.0 Å². The van der Waals surface area contributed by atoms with Crippen LogP contribution in [-0.4, -0.2) is 47.7 Å². The van der Waals surface area contributed by atoms with Gasteiger partial charge in [-0.3, -0.25) is 4.79 Å². The van der Waals surface area contributed by atoms with Crippen molar-refractivity contribution in [2.24, 2.45) is 4.99 Å².